The highest BCUT2D eigenvalue weighted by Gasteiger charge is 2.40. The molecular formula is C24H33N3O3S. The van der Waals surface area contributed by atoms with Crippen molar-refractivity contribution < 1.29 is 14.4 Å². The minimum absolute atomic E-state index is 0.0311. The molecule has 0 aromatic heterocycles. The molecule has 1 saturated carbocycles. The molecule has 0 radical (unpaired) electrons. The Hall–Kier alpha value is -2.02. The normalized spacial score (nSPS) is 23.0. The van der Waals surface area contributed by atoms with Gasteiger partial charge < -0.3 is 15.1 Å². The lowest BCUT2D eigenvalue weighted by Gasteiger charge is -2.35. The van der Waals surface area contributed by atoms with Crippen LogP contribution in [-0.4, -0.2) is 53.5 Å². The molecule has 1 N–H and O–H groups in total. The van der Waals surface area contributed by atoms with Crippen LogP contribution in [0.5, 0.6) is 0 Å². The lowest BCUT2D eigenvalue weighted by molar-refractivity contribution is -0.135. The minimum Gasteiger partial charge on any atom is -0.352 e. The highest BCUT2D eigenvalue weighted by molar-refractivity contribution is 8.01. The van der Waals surface area contributed by atoms with Gasteiger partial charge in [0.15, 0.2) is 5.25 Å². The zero-order chi connectivity index (χ0) is 21.6. The topological polar surface area (TPSA) is 69.7 Å². The number of thioether (sulfide) groups is 1. The van der Waals surface area contributed by atoms with Gasteiger partial charge in [-0.05, 0) is 37.8 Å². The standard InChI is InChI=1S/C24H33N3O3S/c28-21(25-18-11-5-1-2-6-12-18)17-27-19-13-7-8-14-20(19)31-22(24(27)30)23(29)26-15-9-3-4-10-16-26/h7-8,13-14,18,22H,1-6,9-12,15-17H2,(H,25,28). The van der Waals surface area contributed by atoms with Crippen LogP contribution >= 0.6 is 11.8 Å². The third kappa shape index (κ3) is 5.43. The van der Waals surface area contributed by atoms with Gasteiger partial charge in [-0.15, -0.1) is 11.8 Å². The van der Waals surface area contributed by atoms with Crippen molar-refractivity contribution >= 4 is 35.2 Å². The Morgan fingerprint density at radius 1 is 0.935 bits per heavy atom. The van der Waals surface area contributed by atoms with Gasteiger partial charge in [-0.2, -0.15) is 0 Å². The molecule has 31 heavy (non-hydrogen) atoms. The molecule has 1 atom stereocenters. The third-order valence-corrected chi connectivity index (χ3v) is 7.79. The Kier molecular flexibility index (Phi) is 7.54. The molecule has 2 aliphatic heterocycles. The first-order valence-electron chi connectivity index (χ1n) is 11.8. The molecule has 2 fully saturated rings. The first-order chi connectivity index (χ1) is 15.1. The smallest absolute Gasteiger partial charge is 0.250 e. The summed E-state index contributed by atoms with van der Waals surface area (Å²) in [6.07, 6.45) is 11.0. The maximum absolute atomic E-state index is 13.4. The van der Waals surface area contributed by atoms with Crippen molar-refractivity contribution in [2.75, 3.05) is 24.5 Å². The Bertz CT molecular complexity index is 799. The van der Waals surface area contributed by atoms with E-state index in [0.717, 1.165) is 61.9 Å². The molecule has 4 rings (SSSR count). The number of rotatable bonds is 4. The van der Waals surface area contributed by atoms with E-state index in [1.54, 1.807) is 0 Å². The van der Waals surface area contributed by atoms with E-state index in [9.17, 15) is 14.4 Å². The second kappa shape index (κ2) is 10.5. The molecule has 0 spiro atoms. The molecule has 7 heteroatoms. The predicted octanol–water partition coefficient (Wildman–Crippen LogP) is 3.74. The molecular weight excluding hydrogens is 410 g/mol. The molecule has 168 valence electrons. The Labute approximate surface area is 189 Å². The van der Waals surface area contributed by atoms with Gasteiger partial charge in [-0.1, -0.05) is 50.7 Å². The number of amides is 3. The predicted molar refractivity (Wildman–Crippen MR) is 123 cm³/mol. The summed E-state index contributed by atoms with van der Waals surface area (Å²) in [5.74, 6) is -0.516. The van der Waals surface area contributed by atoms with Crippen molar-refractivity contribution in [2.24, 2.45) is 0 Å². The number of anilines is 1. The van der Waals surface area contributed by atoms with E-state index in [1.165, 1.54) is 29.5 Å². The fraction of sp³-hybridized carbons (Fsp3) is 0.625. The van der Waals surface area contributed by atoms with Crippen LogP contribution in [-0.2, 0) is 14.4 Å². The molecule has 1 aliphatic carbocycles. The van der Waals surface area contributed by atoms with Gasteiger partial charge in [0.1, 0.15) is 6.54 Å². The van der Waals surface area contributed by atoms with Crippen LogP contribution < -0.4 is 10.2 Å². The van der Waals surface area contributed by atoms with Crippen LogP contribution in [0.15, 0.2) is 29.2 Å². The van der Waals surface area contributed by atoms with Crippen molar-refractivity contribution in [3.05, 3.63) is 24.3 Å². The highest BCUT2D eigenvalue weighted by Crippen LogP contribution is 2.39. The van der Waals surface area contributed by atoms with Gasteiger partial charge in [-0.3, -0.25) is 14.4 Å². The lowest BCUT2D eigenvalue weighted by Crippen LogP contribution is -2.53. The van der Waals surface area contributed by atoms with Crippen LogP contribution in [0, 0.1) is 0 Å². The van der Waals surface area contributed by atoms with Gasteiger partial charge in [0.25, 0.3) is 5.91 Å². The van der Waals surface area contributed by atoms with E-state index in [0.29, 0.717) is 13.1 Å². The number of fused-ring (bicyclic) bond motifs is 1. The summed E-state index contributed by atoms with van der Waals surface area (Å²) >= 11 is 1.33. The first kappa shape index (κ1) is 22.2. The quantitative estimate of drug-likeness (QED) is 0.569. The minimum atomic E-state index is -0.807. The van der Waals surface area contributed by atoms with E-state index in [2.05, 4.69) is 5.32 Å². The molecule has 3 aliphatic rings. The van der Waals surface area contributed by atoms with Crippen LogP contribution in [0.2, 0.25) is 0 Å². The molecule has 0 bridgehead atoms. The third-order valence-electron chi connectivity index (χ3n) is 6.56. The summed E-state index contributed by atoms with van der Waals surface area (Å²) in [5.41, 5.74) is 0.730. The molecule has 1 unspecified atom stereocenters. The van der Waals surface area contributed by atoms with Gasteiger partial charge in [-0.25, -0.2) is 0 Å². The zero-order valence-corrected chi connectivity index (χ0v) is 19.0. The van der Waals surface area contributed by atoms with Crippen molar-refractivity contribution in [2.45, 2.75) is 80.4 Å². The lowest BCUT2D eigenvalue weighted by atomic mass is 10.1. The Balaban J connectivity index is 1.49. The van der Waals surface area contributed by atoms with Gasteiger partial charge in [0.2, 0.25) is 11.8 Å². The van der Waals surface area contributed by atoms with Crippen LogP contribution in [0.3, 0.4) is 0 Å². The maximum Gasteiger partial charge on any atom is 0.250 e. The number of likely N-dealkylation sites (tertiary alicyclic amines) is 1. The van der Waals surface area contributed by atoms with Gasteiger partial charge in [0.05, 0.1) is 5.69 Å². The number of para-hydroxylation sites is 1. The molecule has 2 heterocycles. The summed E-state index contributed by atoms with van der Waals surface area (Å²) in [6.45, 7) is 1.40. The Morgan fingerprint density at radius 3 is 2.29 bits per heavy atom. The second-order valence-corrected chi connectivity index (χ2v) is 10.0. The molecule has 3 amide bonds. The van der Waals surface area contributed by atoms with Crippen molar-refractivity contribution in [3.8, 4) is 0 Å². The molecule has 1 aromatic rings. The van der Waals surface area contributed by atoms with Crippen LogP contribution in [0.1, 0.15) is 64.2 Å². The number of carbonyl (C=O) groups excluding carboxylic acids is 3. The maximum atomic E-state index is 13.4. The number of benzene rings is 1. The van der Waals surface area contributed by atoms with E-state index in [4.69, 9.17) is 0 Å². The SMILES string of the molecule is O=C(CN1C(=O)C(C(=O)N2CCCCCC2)Sc2ccccc21)NC1CCCCCC1. The largest absolute Gasteiger partial charge is 0.352 e. The number of hydrogen-bond donors (Lipinski definition) is 1. The van der Waals surface area contributed by atoms with E-state index >= 15 is 0 Å². The number of hydrogen-bond acceptors (Lipinski definition) is 4. The van der Waals surface area contributed by atoms with E-state index < -0.39 is 5.25 Å². The average molecular weight is 444 g/mol. The van der Waals surface area contributed by atoms with Crippen molar-refractivity contribution in [1.82, 2.24) is 10.2 Å². The monoisotopic (exact) mass is 443 g/mol. The first-order valence-corrected chi connectivity index (χ1v) is 12.7. The van der Waals surface area contributed by atoms with Gasteiger partial charge >= 0.3 is 0 Å². The van der Waals surface area contributed by atoms with Crippen LogP contribution in [0.4, 0.5) is 5.69 Å². The summed E-state index contributed by atoms with van der Waals surface area (Å²) in [5, 5.41) is 2.33. The summed E-state index contributed by atoms with van der Waals surface area (Å²) in [4.78, 5) is 43.8. The highest BCUT2D eigenvalue weighted by atomic mass is 32.2. The van der Waals surface area contributed by atoms with E-state index in [1.807, 2.05) is 29.2 Å². The van der Waals surface area contributed by atoms with Crippen LogP contribution in [0.25, 0.3) is 0 Å². The number of nitrogens with zero attached hydrogens (tertiary/aromatic N) is 2. The second-order valence-electron chi connectivity index (χ2n) is 8.89. The zero-order valence-electron chi connectivity index (χ0n) is 18.2. The Morgan fingerprint density at radius 2 is 1.58 bits per heavy atom. The summed E-state index contributed by atoms with van der Waals surface area (Å²) in [6, 6.07) is 7.78. The summed E-state index contributed by atoms with van der Waals surface area (Å²) < 4.78 is 0. The number of carbonyl (C=O) groups is 3. The fourth-order valence-corrected chi connectivity index (χ4v) is 6.02. The van der Waals surface area contributed by atoms with E-state index in [-0.39, 0.29) is 30.3 Å². The van der Waals surface area contributed by atoms with Crippen molar-refractivity contribution in [1.29, 1.82) is 0 Å². The average Bonchev–Trinajstić information content (AvgIpc) is 3.20. The number of nitrogens with one attached hydrogen (secondary N) is 1. The summed E-state index contributed by atoms with van der Waals surface area (Å²) in [7, 11) is 0. The van der Waals surface area contributed by atoms with Gasteiger partial charge in [0, 0.05) is 24.0 Å². The van der Waals surface area contributed by atoms with Crippen molar-refractivity contribution in [3.63, 3.8) is 0 Å². The molecule has 1 aromatic carbocycles. The fourth-order valence-electron chi connectivity index (χ4n) is 4.83. The molecule has 6 nitrogen and oxygen atoms in total. The molecule has 1 saturated heterocycles.